The molecule has 0 fully saturated rings. The molecule has 11 heteroatoms. The number of methoxy groups -OCH3 is 1. The minimum absolute atomic E-state index is 0.00747. The van der Waals surface area contributed by atoms with Gasteiger partial charge in [0.15, 0.2) is 0 Å². The molecule has 2 aromatic rings. The molecule has 39 heavy (non-hydrogen) atoms. The van der Waals surface area contributed by atoms with Crippen LogP contribution in [0.25, 0.3) is 0 Å². The maximum atomic E-state index is 12.9. The minimum atomic E-state index is -1.42. The normalized spacial score (nSPS) is 11.3. The van der Waals surface area contributed by atoms with Gasteiger partial charge in [-0.2, -0.15) is 0 Å². The SMILES string of the molecule is COc1ccc(CCN(CCC(=O)O)C(=O)C[C@H](NC(=O)CCCCc2ccc(C(=N)N)cc2)C(=O)O)cc1. The lowest BCUT2D eigenvalue weighted by molar-refractivity contribution is -0.145. The first kappa shape index (κ1) is 30.8. The summed E-state index contributed by atoms with van der Waals surface area (Å²) in [5, 5.41) is 28.5. The fourth-order valence-electron chi connectivity index (χ4n) is 3.88. The standard InChI is InChI=1S/C28H36N4O7/c1-39-22-12-8-20(9-13-22)14-16-32(17-15-26(35)36)25(34)18-23(28(37)38)31-24(33)5-3-2-4-19-6-10-21(11-7-19)27(29)30/h6-13,23H,2-5,14-18H2,1H3,(H3,29,30)(H,31,33)(H,35,36)(H,37,38)/t23-/m0/s1. The Morgan fingerprint density at radius 3 is 2.10 bits per heavy atom. The maximum absolute atomic E-state index is 12.9. The van der Waals surface area contributed by atoms with Gasteiger partial charge in [-0.3, -0.25) is 19.8 Å². The van der Waals surface area contributed by atoms with E-state index in [-0.39, 0.29) is 31.8 Å². The second kappa shape index (κ2) is 15.8. The van der Waals surface area contributed by atoms with Gasteiger partial charge in [0, 0.05) is 25.1 Å². The summed E-state index contributed by atoms with van der Waals surface area (Å²) in [6.45, 7) is 0.129. The number of hydrogen-bond acceptors (Lipinski definition) is 6. The van der Waals surface area contributed by atoms with Crippen LogP contribution in [-0.2, 0) is 32.0 Å². The molecule has 0 heterocycles. The van der Waals surface area contributed by atoms with Crippen molar-refractivity contribution in [2.45, 2.75) is 51.0 Å². The summed E-state index contributed by atoms with van der Waals surface area (Å²) < 4.78 is 5.13. The molecule has 11 nitrogen and oxygen atoms in total. The van der Waals surface area contributed by atoms with Gasteiger partial charge in [-0.25, -0.2) is 4.79 Å². The fraction of sp³-hybridized carbons (Fsp3) is 0.393. The molecule has 0 saturated heterocycles. The number of amides is 2. The van der Waals surface area contributed by atoms with E-state index in [9.17, 15) is 24.3 Å². The predicted octanol–water partition coefficient (Wildman–Crippen LogP) is 2.20. The Morgan fingerprint density at radius 2 is 1.54 bits per heavy atom. The van der Waals surface area contributed by atoms with Crippen molar-refractivity contribution >= 4 is 29.6 Å². The lowest BCUT2D eigenvalue weighted by atomic mass is 10.0. The lowest BCUT2D eigenvalue weighted by Gasteiger charge is -2.24. The van der Waals surface area contributed by atoms with Crippen LogP contribution in [0.2, 0.25) is 0 Å². The minimum Gasteiger partial charge on any atom is -0.497 e. The third kappa shape index (κ3) is 11.2. The molecule has 0 saturated carbocycles. The van der Waals surface area contributed by atoms with Crippen molar-refractivity contribution in [2.75, 3.05) is 20.2 Å². The van der Waals surface area contributed by atoms with Gasteiger partial charge in [0.05, 0.1) is 20.0 Å². The van der Waals surface area contributed by atoms with Crippen LogP contribution in [0.5, 0.6) is 5.75 Å². The molecule has 0 aliphatic heterocycles. The van der Waals surface area contributed by atoms with Crippen molar-refractivity contribution < 1.29 is 34.1 Å². The average Bonchev–Trinajstić information content (AvgIpc) is 2.91. The molecule has 210 valence electrons. The van der Waals surface area contributed by atoms with Crippen LogP contribution in [0.1, 0.15) is 48.8 Å². The van der Waals surface area contributed by atoms with Crippen molar-refractivity contribution in [3.05, 3.63) is 65.2 Å². The summed E-state index contributed by atoms with van der Waals surface area (Å²) in [5.41, 5.74) is 8.02. The van der Waals surface area contributed by atoms with Gasteiger partial charge in [0.25, 0.3) is 0 Å². The molecular weight excluding hydrogens is 504 g/mol. The highest BCUT2D eigenvalue weighted by Gasteiger charge is 2.26. The lowest BCUT2D eigenvalue weighted by Crippen LogP contribution is -2.45. The second-order valence-electron chi connectivity index (χ2n) is 9.10. The number of benzene rings is 2. The highest BCUT2D eigenvalue weighted by Crippen LogP contribution is 2.13. The Morgan fingerprint density at radius 1 is 0.923 bits per heavy atom. The zero-order chi connectivity index (χ0) is 28.8. The van der Waals surface area contributed by atoms with E-state index in [1.54, 1.807) is 31.4 Å². The number of nitrogens with zero attached hydrogens (tertiary/aromatic N) is 1. The molecule has 0 bridgehead atoms. The third-order valence-corrected chi connectivity index (χ3v) is 6.17. The Labute approximate surface area is 227 Å². The van der Waals surface area contributed by atoms with Crippen molar-refractivity contribution in [3.63, 3.8) is 0 Å². The fourth-order valence-corrected chi connectivity index (χ4v) is 3.88. The number of amidine groups is 1. The maximum Gasteiger partial charge on any atom is 0.326 e. The number of aliphatic carboxylic acids is 2. The van der Waals surface area contributed by atoms with Gasteiger partial charge in [-0.15, -0.1) is 0 Å². The van der Waals surface area contributed by atoms with E-state index < -0.39 is 36.2 Å². The number of unbranched alkanes of at least 4 members (excludes halogenated alkanes) is 1. The van der Waals surface area contributed by atoms with Crippen LogP contribution in [0, 0.1) is 5.41 Å². The van der Waals surface area contributed by atoms with Crippen LogP contribution in [-0.4, -0.2) is 70.9 Å². The number of aryl methyl sites for hydroxylation is 1. The molecule has 0 aromatic heterocycles. The Balaban J connectivity index is 1.87. The average molecular weight is 541 g/mol. The van der Waals surface area contributed by atoms with E-state index in [2.05, 4.69) is 5.32 Å². The molecule has 2 amide bonds. The van der Waals surface area contributed by atoms with Crippen molar-refractivity contribution in [3.8, 4) is 5.75 Å². The molecule has 1 atom stereocenters. The summed E-state index contributed by atoms with van der Waals surface area (Å²) >= 11 is 0. The molecule has 6 N–H and O–H groups in total. The number of hydrogen-bond donors (Lipinski definition) is 5. The molecule has 2 rings (SSSR count). The van der Waals surface area contributed by atoms with Gasteiger partial charge < -0.3 is 30.9 Å². The van der Waals surface area contributed by atoms with Gasteiger partial charge in [0.1, 0.15) is 17.6 Å². The first-order valence-electron chi connectivity index (χ1n) is 12.7. The molecule has 0 aliphatic carbocycles. The quantitative estimate of drug-likeness (QED) is 0.115. The number of nitrogens with two attached hydrogens (primary N) is 1. The monoisotopic (exact) mass is 540 g/mol. The topological polar surface area (TPSA) is 183 Å². The van der Waals surface area contributed by atoms with Crippen molar-refractivity contribution in [1.82, 2.24) is 10.2 Å². The second-order valence-corrected chi connectivity index (χ2v) is 9.10. The van der Waals surface area contributed by atoms with Crippen LogP contribution in [0.4, 0.5) is 0 Å². The Bertz CT molecular complexity index is 1130. The van der Waals surface area contributed by atoms with E-state index in [1.165, 1.54) is 4.90 Å². The molecule has 2 aromatic carbocycles. The summed E-state index contributed by atoms with van der Waals surface area (Å²) in [7, 11) is 1.55. The van der Waals surface area contributed by atoms with Gasteiger partial charge in [-0.05, 0) is 48.9 Å². The van der Waals surface area contributed by atoms with Gasteiger partial charge in [0.2, 0.25) is 11.8 Å². The first-order valence-corrected chi connectivity index (χ1v) is 12.7. The van der Waals surface area contributed by atoms with Crippen LogP contribution < -0.4 is 15.8 Å². The zero-order valence-corrected chi connectivity index (χ0v) is 22.0. The number of ether oxygens (including phenoxy) is 1. The number of rotatable bonds is 17. The predicted molar refractivity (Wildman–Crippen MR) is 145 cm³/mol. The largest absolute Gasteiger partial charge is 0.497 e. The van der Waals surface area contributed by atoms with Crippen LogP contribution in [0.3, 0.4) is 0 Å². The number of carbonyl (C=O) groups is 4. The summed E-state index contributed by atoms with van der Waals surface area (Å²) in [5.74, 6) is -2.76. The molecular formula is C28H36N4O7. The van der Waals surface area contributed by atoms with E-state index >= 15 is 0 Å². The van der Waals surface area contributed by atoms with Crippen molar-refractivity contribution in [1.29, 1.82) is 5.41 Å². The third-order valence-electron chi connectivity index (χ3n) is 6.17. The number of carboxylic acid groups (broad SMARTS) is 2. The smallest absolute Gasteiger partial charge is 0.326 e. The Kier molecular flexibility index (Phi) is 12.4. The molecule has 0 aliphatic rings. The Hall–Kier alpha value is -4.41. The highest BCUT2D eigenvalue weighted by molar-refractivity contribution is 5.94. The summed E-state index contributed by atoms with van der Waals surface area (Å²) in [6, 6.07) is 13.1. The number of carboxylic acids is 2. The summed E-state index contributed by atoms with van der Waals surface area (Å²) in [6.07, 6.45) is 1.70. The number of nitrogens with one attached hydrogen (secondary N) is 2. The number of carbonyl (C=O) groups excluding carboxylic acids is 2. The molecule has 0 radical (unpaired) electrons. The number of nitrogen functional groups attached to an aromatic ring is 1. The first-order chi connectivity index (χ1) is 18.6. The highest BCUT2D eigenvalue weighted by atomic mass is 16.5. The van der Waals surface area contributed by atoms with Gasteiger partial charge in [-0.1, -0.05) is 36.4 Å². The van der Waals surface area contributed by atoms with E-state index in [1.807, 2.05) is 24.3 Å². The van der Waals surface area contributed by atoms with Crippen LogP contribution >= 0.6 is 0 Å². The van der Waals surface area contributed by atoms with Gasteiger partial charge >= 0.3 is 11.9 Å². The molecule has 0 unspecified atom stereocenters. The van der Waals surface area contributed by atoms with E-state index in [0.29, 0.717) is 37.0 Å². The molecule has 0 spiro atoms. The van der Waals surface area contributed by atoms with E-state index in [0.717, 1.165) is 11.1 Å². The zero-order valence-electron chi connectivity index (χ0n) is 22.0. The van der Waals surface area contributed by atoms with Crippen molar-refractivity contribution in [2.24, 2.45) is 5.73 Å². The van der Waals surface area contributed by atoms with E-state index in [4.69, 9.17) is 21.0 Å². The summed E-state index contributed by atoms with van der Waals surface area (Å²) in [4.78, 5) is 49.5. The van der Waals surface area contributed by atoms with Crippen LogP contribution in [0.15, 0.2) is 48.5 Å².